The molecule has 0 spiro atoms. The van der Waals surface area contributed by atoms with E-state index in [0.717, 1.165) is 31.1 Å². The molecule has 1 aliphatic heterocycles. The lowest BCUT2D eigenvalue weighted by Crippen LogP contribution is -2.43. The Bertz CT molecular complexity index is 860. The van der Waals surface area contributed by atoms with Crippen molar-refractivity contribution in [2.75, 3.05) is 13.7 Å². The third kappa shape index (κ3) is 5.48. The van der Waals surface area contributed by atoms with Crippen LogP contribution in [0, 0.1) is 5.92 Å². The molecule has 150 valence electrons. The number of hydrogen-bond donors (Lipinski definition) is 0. The molecule has 0 amide bonds. The molecule has 2 unspecified atom stereocenters. The van der Waals surface area contributed by atoms with E-state index < -0.39 is 0 Å². The SMILES string of the molecule is COc1ccc(CC2CCN(Cc3ccccc3)C(Cc3ccccc3)C2)cc1. The predicted molar refractivity (Wildman–Crippen MR) is 120 cm³/mol. The Morgan fingerprint density at radius 3 is 2.03 bits per heavy atom. The van der Waals surface area contributed by atoms with Gasteiger partial charge in [-0.3, -0.25) is 4.90 Å². The van der Waals surface area contributed by atoms with Gasteiger partial charge in [0.25, 0.3) is 0 Å². The number of likely N-dealkylation sites (tertiary alicyclic amines) is 1. The van der Waals surface area contributed by atoms with Crippen molar-refractivity contribution in [3.05, 3.63) is 102 Å². The van der Waals surface area contributed by atoms with Crippen molar-refractivity contribution < 1.29 is 4.74 Å². The van der Waals surface area contributed by atoms with Crippen LogP contribution in [0.5, 0.6) is 5.75 Å². The first-order valence-corrected chi connectivity index (χ1v) is 10.7. The molecule has 2 heteroatoms. The average molecular weight is 386 g/mol. The summed E-state index contributed by atoms with van der Waals surface area (Å²) >= 11 is 0. The zero-order chi connectivity index (χ0) is 19.9. The van der Waals surface area contributed by atoms with Gasteiger partial charge in [-0.2, -0.15) is 0 Å². The molecule has 2 nitrogen and oxygen atoms in total. The van der Waals surface area contributed by atoms with Gasteiger partial charge in [0.15, 0.2) is 0 Å². The second-order valence-electron chi connectivity index (χ2n) is 8.24. The van der Waals surface area contributed by atoms with E-state index >= 15 is 0 Å². The highest BCUT2D eigenvalue weighted by atomic mass is 16.5. The van der Waals surface area contributed by atoms with Crippen molar-refractivity contribution in [3.63, 3.8) is 0 Å². The molecule has 1 fully saturated rings. The summed E-state index contributed by atoms with van der Waals surface area (Å²) in [4.78, 5) is 2.70. The van der Waals surface area contributed by atoms with Crippen molar-refractivity contribution in [2.45, 2.75) is 38.3 Å². The Hall–Kier alpha value is -2.58. The summed E-state index contributed by atoms with van der Waals surface area (Å²) in [5, 5.41) is 0. The number of piperidine rings is 1. The highest BCUT2D eigenvalue weighted by molar-refractivity contribution is 5.27. The molecule has 2 atom stereocenters. The molecular formula is C27H31NO. The minimum Gasteiger partial charge on any atom is -0.497 e. The summed E-state index contributed by atoms with van der Waals surface area (Å²) in [7, 11) is 1.73. The Morgan fingerprint density at radius 2 is 1.38 bits per heavy atom. The van der Waals surface area contributed by atoms with Gasteiger partial charge >= 0.3 is 0 Å². The molecular weight excluding hydrogens is 354 g/mol. The fourth-order valence-electron chi connectivity index (χ4n) is 4.59. The molecule has 1 saturated heterocycles. The third-order valence-electron chi connectivity index (χ3n) is 6.17. The maximum absolute atomic E-state index is 5.31. The topological polar surface area (TPSA) is 12.5 Å². The molecule has 0 radical (unpaired) electrons. The number of rotatable bonds is 7. The van der Waals surface area contributed by atoms with Crippen LogP contribution >= 0.6 is 0 Å². The van der Waals surface area contributed by atoms with Crippen LogP contribution in [0.4, 0.5) is 0 Å². The van der Waals surface area contributed by atoms with Gasteiger partial charge in [0, 0.05) is 12.6 Å². The fraction of sp³-hybridized carbons (Fsp3) is 0.333. The molecule has 3 aromatic carbocycles. The van der Waals surface area contributed by atoms with E-state index in [9.17, 15) is 0 Å². The van der Waals surface area contributed by atoms with Crippen LogP contribution in [0.2, 0.25) is 0 Å². The smallest absolute Gasteiger partial charge is 0.118 e. The van der Waals surface area contributed by atoms with E-state index in [2.05, 4.69) is 89.8 Å². The summed E-state index contributed by atoms with van der Waals surface area (Å²) in [6.07, 6.45) is 4.82. The van der Waals surface area contributed by atoms with Gasteiger partial charge in [-0.1, -0.05) is 72.8 Å². The number of methoxy groups -OCH3 is 1. The van der Waals surface area contributed by atoms with Gasteiger partial charge in [-0.25, -0.2) is 0 Å². The van der Waals surface area contributed by atoms with Gasteiger partial charge in [-0.15, -0.1) is 0 Å². The highest BCUT2D eigenvalue weighted by Crippen LogP contribution is 2.30. The molecule has 0 saturated carbocycles. The molecule has 0 aliphatic carbocycles. The molecule has 0 aromatic heterocycles. The van der Waals surface area contributed by atoms with Crippen LogP contribution in [0.25, 0.3) is 0 Å². The minimum atomic E-state index is 0.592. The largest absolute Gasteiger partial charge is 0.497 e. The zero-order valence-electron chi connectivity index (χ0n) is 17.3. The Balaban J connectivity index is 1.45. The standard InChI is InChI=1S/C27H31NO/c1-29-27-14-12-23(13-15-27)18-25-16-17-28(21-24-10-6-3-7-11-24)26(20-25)19-22-8-4-2-5-9-22/h2-15,25-26H,16-21H2,1H3. The second-order valence-corrected chi connectivity index (χ2v) is 8.24. The maximum Gasteiger partial charge on any atom is 0.118 e. The lowest BCUT2D eigenvalue weighted by Gasteiger charge is -2.40. The Labute approximate surface area is 175 Å². The van der Waals surface area contributed by atoms with Crippen LogP contribution in [0.3, 0.4) is 0 Å². The molecule has 3 aromatic rings. The zero-order valence-corrected chi connectivity index (χ0v) is 17.3. The van der Waals surface area contributed by atoms with Crippen LogP contribution in [-0.4, -0.2) is 24.6 Å². The van der Waals surface area contributed by atoms with Crippen molar-refractivity contribution >= 4 is 0 Å². The molecule has 4 rings (SSSR count). The van der Waals surface area contributed by atoms with Crippen molar-refractivity contribution in [1.82, 2.24) is 4.90 Å². The number of benzene rings is 3. The number of nitrogens with zero attached hydrogens (tertiary/aromatic N) is 1. The molecule has 29 heavy (non-hydrogen) atoms. The van der Waals surface area contributed by atoms with Gasteiger partial charge < -0.3 is 4.74 Å². The van der Waals surface area contributed by atoms with Gasteiger partial charge in [0.05, 0.1) is 7.11 Å². The van der Waals surface area contributed by atoms with Crippen molar-refractivity contribution in [1.29, 1.82) is 0 Å². The van der Waals surface area contributed by atoms with Gasteiger partial charge in [0.1, 0.15) is 5.75 Å². The molecule has 0 N–H and O–H groups in total. The summed E-state index contributed by atoms with van der Waals surface area (Å²) in [5.74, 6) is 1.68. The minimum absolute atomic E-state index is 0.592. The first-order valence-electron chi connectivity index (χ1n) is 10.7. The first kappa shape index (κ1) is 19.7. The van der Waals surface area contributed by atoms with Gasteiger partial charge in [-0.05, 0) is 67.0 Å². The van der Waals surface area contributed by atoms with Crippen LogP contribution in [-0.2, 0) is 19.4 Å². The predicted octanol–water partition coefficient (Wildman–Crippen LogP) is 5.76. The van der Waals surface area contributed by atoms with Crippen LogP contribution in [0.15, 0.2) is 84.9 Å². The average Bonchev–Trinajstić information content (AvgIpc) is 2.77. The monoisotopic (exact) mass is 385 g/mol. The molecule has 0 bridgehead atoms. The summed E-state index contributed by atoms with van der Waals surface area (Å²) < 4.78 is 5.31. The van der Waals surface area contributed by atoms with Crippen LogP contribution < -0.4 is 4.74 Å². The summed E-state index contributed by atoms with van der Waals surface area (Å²) in [6.45, 7) is 2.22. The van der Waals surface area contributed by atoms with Gasteiger partial charge in [0.2, 0.25) is 0 Å². The second kappa shape index (κ2) is 9.76. The van der Waals surface area contributed by atoms with E-state index in [1.807, 2.05) is 0 Å². The summed E-state index contributed by atoms with van der Waals surface area (Å²) in [5.41, 5.74) is 4.28. The first-order chi connectivity index (χ1) is 14.3. The molecule has 1 heterocycles. The number of hydrogen-bond acceptors (Lipinski definition) is 2. The lowest BCUT2D eigenvalue weighted by atomic mass is 9.83. The van der Waals surface area contributed by atoms with Crippen molar-refractivity contribution in [3.8, 4) is 5.75 Å². The third-order valence-corrected chi connectivity index (χ3v) is 6.17. The summed E-state index contributed by atoms with van der Waals surface area (Å²) in [6, 6.07) is 31.1. The van der Waals surface area contributed by atoms with E-state index in [4.69, 9.17) is 4.74 Å². The Morgan fingerprint density at radius 1 is 0.759 bits per heavy atom. The van der Waals surface area contributed by atoms with Crippen LogP contribution in [0.1, 0.15) is 29.5 Å². The quantitative estimate of drug-likeness (QED) is 0.512. The van der Waals surface area contributed by atoms with E-state index in [1.54, 1.807) is 7.11 Å². The molecule has 1 aliphatic rings. The van der Waals surface area contributed by atoms with Crippen molar-refractivity contribution in [2.24, 2.45) is 5.92 Å². The Kier molecular flexibility index (Phi) is 6.63. The maximum atomic E-state index is 5.31. The highest BCUT2D eigenvalue weighted by Gasteiger charge is 2.28. The number of ether oxygens (including phenoxy) is 1. The van der Waals surface area contributed by atoms with E-state index in [1.165, 1.54) is 36.1 Å². The van der Waals surface area contributed by atoms with E-state index in [0.29, 0.717) is 6.04 Å². The normalized spacial score (nSPS) is 19.8. The fourth-order valence-corrected chi connectivity index (χ4v) is 4.59. The van der Waals surface area contributed by atoms with E-state index in [-0.39, 0.29) is 0 Å². The lowest BCUT2D eigenvalue weighted by molar-refractivity contribution is 0.104.